The van der Waals surface area contributed by atoms with Crippen LogP contribution in [0.4, 0.5) is 5.82 Å². The molecule has 76 valence electrons. The highest BCUT2D eigenvalue weighted by molar-refractivity contribution is 5.90. The zero-order chi connectivity index (χ0) is 10.6. The van der Waals surface area contributed by atoms with Crippen LogP contribution >= 0.6 is 0 Å². The normalized spacial score (nSPS) is 12.1. The third kappa shape index (κ3) is 2.98. The Morgan fingerprint density at radius 3 is 2.71 bits per heavy atom. The number of amides is 1. The van der Waals surface area contributed by atoms with Crippen LogP contribution in [0.2, 0.25) is 0 Å². The third-order valence-corrected chi connectivity index (χ3v) is 1.52. The van der Waals surface area contributed by atoms with Crippen LogP contribution in [0, 0.1) is 0 Å². The molecule has 0 radical (unpaired) electrons. The number of nitrogens with two attached hydrogens (primary N) is 2. The van der Waals surface area contributed by atoms with Crippen LogP contribution in [0.1, 0.15) is 17.4 Å². The van der Waals surface area contributed by atoms with Gasteiger partial charge in [-0.3, -0.25) is 4.79 Å². The Bertz CT molecular complexity index is 308. The summed E-state index contributed by atoms with van der Waals surface area (Å²) in [7, 11) is 0. The predicted octanol–water partition coefficient (Wildman–Crippen LogP) is -0.665. The number of nitrogens with zero attached hydrogens (tertiary/aromatic N) is 2. The summed E-state index contributed by atoms with van der Waals surface area (Å²) in [5.74, 6) is -0.0106. The van der Waals surface area contributed by atoms with E-state index in [0.29, 0.717) is 12.4 Å². The topological polar surface area (TPSA) is 107 Å². The lowest BCUT2D eigenvalue weighted by Gasteiger charge is -2.06. The van der Waals surface area contributed by atoms with Crippen LogP contribution in [0.5, 0.6) is 0 Å². The van der Waals surface area contributed by atoms with Gasteiger partial charge in [-0.2, -0.15) is 0 Å². The third-order valence-electron chi connectivity index (χ3n) is 1.52. The van der Waals surface area contributed by atoms with Gasteiger partial charge < -0.3 is 16.8 Å². The number of carbonyl (C=O) groups excluding carboxylic acids is 1. The lowest BCUT2D eigenvalue weighted by molar-refractivity contribution is 0.0994. The first-order valence-electron chi connectivity index (χ1n) is 4.22. The van der Waals surface area contributed by atoms with E-state index in [1.54, 1.807) is 6.07 Å². The molecule has 0 aliphatic carbocycles. The molecular weight excluding hydrogens is 182 g/mol. The quantitative estimate of drug-likeness (QED) is 0.591. The van der Waals surface area contributed by atoms with Gasteiger partial charge in [-0.25, -0.2) is 0 Å². The summed E-state index contributed by atoms with van der Waals surface area (Å²) in [6, 6.07) is 3.18. The Morgan fingerprint density at radius 1 is 1.57 bits per heavy atom. The first-order chi connectivity index (χ1) is 6.59. The number of nitrogens with one attached hydrogen (secondary N) is 1. The molecule has 0 fully saturated rings. The van der Waals surface area contributed by atoms with E-state index in [9.17, 15) is 4.79 Å². The minimum Gasteiger partial charge on any atom is -0.367 e. The maximum absolute atomic E-state index is 10.7. The first kappa shape index (κ1) is 10.4. The molecule has 0 aromatic carbocycles. The van der Waals surface area contributed by atoms with Gasteiger partial charge in [0.15, 0.2) is 5.69 Å². The van der Waals surface area contributed by atoms with Crippen LogP contribution < -0.4 is 16.8 Å². The van der Waals surface area contributed by atoms with Crippen molar-refractivity contribution >= 4 is 11.7 Å². The van der Waals surface area contributed by atoms with Crippen molar-refractivity contribution in [3.8, 4) is 0 Å². The van der Waals surface area contributed by atoms with Gasteiger partial charge in [0.25, 0.3) is 5.91 Å². The maximum atomic E-state index is 10.7. The molecule has 5 N–H and O–H groups in total. The molecule has 6 heteroatoms. The summed E-state index contributed by atoms with van der Waals surface area (Å²) >= 11 is 0. The molecule has 0 saturated carbocycles. The van der Waals surface area contributed by atoms with Crippen molar-refractivity contribution in [3.63, 3.8) is 0 Å². The summed E-state index contributed by atoms with van der Waals surface area (Å²) in [5.41, 5.74) is 10.7. The van der Waals surface area contributed by atoms with Crippen molar-refractivity contribution in [1.82, 2.24) is 10.2 Å². The smallest absolute Gasteiger partial charge is 0.269 e. The van der Waals surface area contributed by atoms with Crippen LogP contribution in [0.25, 0.3) is 0 Å². The van der Waals surface area contributed by atoms with Gasteiger partial charge in [0.05, 0.1) is 0 Å². The minimum atomic E-state index is -0.587. The lowest BCUT2D eigenvalue weighted by atomic mass is 10.3. The standard InChI is InChI=1S/C8H13N5O/c1-5(9)4-11-7-3-2-6(8(10)14)12-13-7/h2-3,5H,4,9H2,1H3,(H2,10,14)(H,11,13). The van der Waals surface area contributed by atoms with Gasteiger partial charge in [0.2, 0.25) is 0 Å². The maximum Gasteiger partial charge on any atom is 0.269 e. The Hall–Kier alpha value is -1.69. The van der Waals surface area contributed by atoms with Gasteiger partial charge in [-0.1, -0.05) is 0 Å². The van der Waals surface area contributed by atoms with Gasteiger partial charge in [-0.15, -0.1) is 10.2 Å². The van der Waals surface area contributed by atoms with Crippen LogP contribution in [0.15, 0.2) is 12.1 Å². The molecule has 1 amide bonds. The van der Waals surface area contributed by atoms with Gasteiger partial charge in [0, 0.05) is 12.6 Å². The predicted molar refractivity (Wildman–Crippen MR) is 52.7 cm³/mol. The molecule has 1 rings (SSSR count). The number of aromatic nitrogens is 2. The molecule has 1 atom stereocenters. The number of carbonyl (C=O) groups is 1. The highest BCUT2D eigenvalue weighted by Gasteiger charge is 2.02. The largest absolute Gasteiger partial charge is 0.367 e. The summed E-state index contributed by atoms with van der Waals surface area (Å²) in [4.78, 5) is 10.7. The van der Waals surface area contributed by atoms with Crippen molar-refractivity contribution in [2.75, 3.05) is 11.9 Å². The van der Waals surface area contributed by atoms with Gasteiger partial charge in [-0.05, 0) is 19.1 Å². The van der Waals surface area contributed by atoms with Crippen molar-refractivity contribution in [2.24, 2.45) is 11.5 Å². The Balaban J connectivity index is 2.60. The molecule has 14 heavy (non-hydrogen) atoms. The summed E-state index contributed by atoms with van der Waals surface area (Å²) in [6.07, 6.45) is 0. The number of rotatable bonds is 4. The zero-order valence-electron chi connectivity index (χ0n) is 7.90. The zero-order valence-corrected chi connectivity index (χ0v) is 7.90. The number of hydrogen-bond acceptors (Lipinski definition) is 5. The molecule has 1 aromatic heterocycles. The average Bonchev–Trinajstić information content (AvgIpc) is 2.15. The van der Waals surface area contributed by atoms with E-state index < -0.39 is 5.91 Å². The first-order valence-corrected chi connectivity index (χ1v) is 4.22. The molecular formula is C8H13N5O. The van der Waals surface area contributed by atoms with E-state index in [-0.39, 0.29) is 11.7 Å². The molecule has 6 nitrogen and oxygen atoms in total. The Kier molecular flexibility index (Phi) is 3.35. The fourth-order valence-electron chi connectivity index (χ4n) is 0.824. The highest BCUT2D eigenvalue weighted by atomic mass is 16.1. The molecule has 0 aliphatic heterocycles. The van der Waals surface area contributed by atoms with Crippen LogP contribution in [0.3, 0.4) is 0 Å². The molecule has 0 aliphatic rings. The number of primary amides is 1. The van der Waals surface area contributed by atoms with Crippen LogP contribution in [-0.2, 0) is 0 Å². The highest BCUT2D eigenvalue weighted by Crippen LogP contribution is 2.00. The van der Waals surface area contributed by atoms with E-state index in [0.717, 1.165) is 0 Å². The molecule has 0 spiro atoms. The molecule has 1 unspecified atom stereocenters. The van der Waals surface area contributed by atoms with E-state index in [1.807, 2.05) is 6.92 Å². The summed E-state index contributed by atoms with van der Waals surface area (Å²) in [5, 5.41) is 10.3. The van der Waals surface area contributed by atoms with Gasteiger partial charge >= 0.3 is 0 Å². The van der Waals surface area contributed by atoms with E-state index in [1.165, 1.54) is 6.07 Å². The van der Waals surface area contributed by atoms with Crippen molar-refractivity contribution in [1.29, 1.82) is 0 Å². The second-order valence-electron chi connectivity index (χ2n) is 3.03. The van der Waals surface area contributed by atoms with Gasteiger partial charge in [0.1, 0.15) is 5.82 Å². The molecule has 0 bridgehead atoms. The average molecular weight is 195 g/mol. The number of hydrogen-bond donors (Lipinski definition) is 3. The van der Waals surface area contributed by atoms with Crippen LogP contribution in [-0.4, -0.2) is 28.7 Å². The van der Waals surface area contributed by atoms with Crippen molar-refractivity contribution in [2.45, 2.75) is 13.0 Å². The molecule has 1 heterocycles. The number of anilines is 1. The summed E-state index contributed by atoms with van der Waals surface area (Å²) in [6.45, 7) is 2.48. The van der Waals surface area contributed by atoms with E-state index in [4.69, 9.17) is 11.5 Å². The minimum absolute atomic E-state index is 0.0348. The van der Waals surface area contributed by atoms with Crippen molar-refractivity contribution < 1.29 is 4.79 Å². The Morgan fingerprint density at radius 2 is 2.29 bits per heavy atom. The summed E-state index contributed by atoms with van der Waals surface area (Å²) < 4.78 is 0. The van der Waals surface area contributed by atoms with E-state index >= 15 is 0 Å². The Labute approximate surface area is 81.7 Å². The monoisotopic (exact) mass is 195 g/mol. The van der Waals surface area contributed by atoms with E-state index in [2.05, 4.69) is 15.5 Å². The fraction of sp³-hybridized carbons (Fsp3) is 0.375. The SMILES string of the molecule is CC(N)CNc1ccc(C(N)=O)nn1. The second kappa shape index (κ2) is 4.52. The second-order valence-corrected chi connectivity index (χ2v) is 3.03. The fourth-order valence-corrected chi connectivity index (χ4v) is 0.824. The molecule has 1 aromatic rings. The molecule has 0 saturated heterocycles. The van der Waals surface area contributed by atoms with Crippen molar-refractivity contribution in [3.05, 3.63) is 17.8 Å². The lowest BCUT2D eigenvalue weighted by Crippen LogP contribution is -2.25.